The predicted molar refractivity (Wildman–Crippen MR) is 99.2 cm³/mol. The highest BCUT2D eigenvalue weighted by atomic mass is 32.1. The predicted octanol–water partition coefficient (Wildman–Crippen LogP) is 2.99. The van der Waals surface area contributed by atoms with Crippen LogP contribution in [0.15, 0.2) is 47.8 Å². The van der Waals surface area contributed by atoms with Gasteiger partial charge in [0, 0.05) is 32.0 Å². The number of amides is 2. The lowest BCUT2D eigenvalue weighted by Gasteiger charge is -2.25. The Kier molecular flexibility index (Phi) is 7.63. The van der Waals surface area contributed by atoms with Gasteiger partial charge in [-0.3, -0.25) is 9.59 Å². The van der Waals surface area contributed by atoms with Crippen molar-refractivity contribution in [1.82, 2.24) is 10.2 Å². The lowest BCUT2D eigenvalue weighted by molar-refractivity contribution is -0.133. The number of rotatable bonds is 9. The fourth-order valence-electron chi connectivity index (χ4n) is 2.56. The van der Waals surface area contributed by atoms with Gasteiger partial charge in [0.1, 0.15) is 0 Å². The molecule has 0 aliphatic carbocycles. The van der Waals surface area contributed by atoms with Gasteiger partial charge in [0.05, 0.1) is 19.1 Å². The minimum Gasteiger partial charge on any atom is -0.383 e. The van der Waals surface area contributed by atoms with E-state index in [-0.39, 0.29) is 24.3 Å². The van der Waals surface area contributed by atoms with Gasteiger partial charge in [0.2, 0.25) is 11.8 Å². The number of hydrogen-bond donors (Lipinski definition) is 1. The Morgan fingerprint density at radius 1 is 1.20 bits per heavy atom. The molecule has 6 heteroatoms. The first-order chi connectivity index (χ1) is 12.1. The molecule has 5 nitrogen and oxygen atoms in total. The summed E-state index contributed by atoms with van der Waals surface area (Å²) in [5, 5.41) is 4.83. The number of ether oxygens (including phenoxy) is 1. The maximum Gasteiger partial charge on any atom is 0.225 e. The summed E-state index contributed by atoms with van der Waals surface area (Å²) < 4.78 is 5.14. The Labute approximate surface area is 152 Å². The fourth-order valence-corrected chi connectivity index (χ4v) is 3.34. The fraction of sp³-hybridized carbons (Fsp3) is 0.368. The van der Waals surface area contributed by atoms with Gasteiger partial charge in [-0.15, -0.1) is 11.3 Å². The molecule has 2 aromatic rings. The molecule has 2 amide bonds. The molecule has 0 saturated carbocycles. The molecule has 1 unspecified atom stereocenters. The lowest BCUT2D eigenvalue weighted by Crippen LogP contribution is -2.37. The maximum absolute atomic E-state index is 12.9. The molecule has 25 heavy (non-hydrogen) atoms. The zero-order valence-electron chi connectivity index (χ0n) is 14.6. The maximum atomic E-state index is 12.9. The van der Waals surface area contributed by atoms with Crippen molar-refractivity contribution >= 4 is 23.2 Å². The van der Waals surface area contributed by atoms with Crippen molar-refractivity contribution in [3.05, 3.63) is 58.3 Å². The molecule has 1 aromatic heterocycles. The van der Waals surface area contributed by atoms with Gasteiger partial charge >= 0.3 is 0 Å². The quantitative estimate of drug-likeness (QED) is 0.748. The Bertz CT molecular complexity index is 659. The Morgan fingerprint density at radius 2 is 1.96 bits per heavy atom. The number of carbonyl (C=O) groups excluding carboxylic acids is 2. The molecule has 0 bridgehead atoms. The van der Waals surface area contributed by atoms with Crippen LogP contribution in [-0.2, 0) is 20.9 Å². The first-order valence-electron chi connectivity index (χ1n) is 8.21. The first-order valence-corrected chi connectivity index (χ1v) is 9.09. The molecule has 0 radical (unpaired) electrons. The topological polar surface area (TPSA) is 58.6 Å². The lowest BCUT2D eigenvalue weighted by atomic mass is 10.1. The Hall–Kier alpha value is -2.18. The van der Waals surface area contributed by atoms with Crippen molar-refractivity contribution in [3.8, 4) is 0 Å². The summed E-state index contributed by atoms with van der Waals surface area (Å²) in [5.74, 6) is -0.147. The molecular weight excluding hydrogens is 336 g/mol. The van der Waals surface area contributed by atoms with Gasteiger partial charge in [-0.25, -0.2) is 0 Å². The Morgan fingerprint density at radius 3 is 2.56 bits per heavy atom. The highest BCUT2D eigenvalue weighted by Crippen LogP contribution is 2.23. The van der Waals surface area contributed by atoms with Crippen LogP contribution in [0.25, 0.3) is 0 Å². The monoisotopic (exact) mass is 360 g/mol. The van der Waals surface area contributed by atoms with E-state index < -0.39 is 0 Å². The first kappa shape index (κ1) is 19.1. The van der Waals surface area contributed by atoms with Crippen molar-refractivity contribution in [2.75, 3.05) is 20.3 Å². The SMILES string of the molecule is COCCN(Cc1ccccc1)C(=O)CC(NC(C)=O)c1cccs1. The van der Waals surface area contributed by atoms with Crippen LogP contribution >= 0.6 is 11.3 Å². The molecule has 1 heterocycles. The summed E-state index contributed by atoms with van der Waals surface area (Å²) in [6.45, 7) is 2.99. The second-order valence-electron chi connectivity index (χ2n) is 5.77. The molecular formula is C19H24N2O3S. The van der Waals surface area contributed by atoms with E-state index in [9.17, 15) is 9.59 Å². The van der Waals surface area contributed by atoms with Gasteiger partial charge in [-0.2, -0.15) is 0 Å². The van der Waals surface area contributed by atoms with E-state index in [2.05, 4.69) is 5.32 Å². The average Bonchev–Trinajstić information content (AvgIpc) is 3.13. The van der Waals surface area contributed by atoms with Crippen LogP contribution in [0.2, 0.25) is 0 Å². The van der Waals surface area contributed by atoms with Crippen molar-refractivity contribution < 1.29 is 14.3 Å². The van der Waals surface area contributed by atoms with E-state index in [1.165, 1.54) is 18.3 Å². The number of carbonyl (C=O) groups is 2. The van der Waals surface area contributed by atoms with Gasteiger partial charge in [0.15, 0.2) is 0 Å². The summed E-state index contributed by atoms with van der Waals surface area (Å²) in [4.78, 5) is 27.1. The highest BCUT2D eigenvalue weighted by Gasteiger charge is 2.22. The number of hydrogen-bond acceptors (Lipinski definition) is 4. The summed E-state index contributed by atoms with van der Waals surface area (Å²) in [5.41, 5.74) is 1.07. The van der Waals surface area contributed by atoms with Crippen molar-refractivity contribution in [1.29, 1.82) is 0 Å². The third-order valence-electron chi connectivity index (χ3n) is 3.78. The standard InChI is InChI=1S/C19H24N2O3S/c1-15(22)20-17(18-9-6-12-25-18)13-19(23)21(10-11-24-2)14-16-7-4-3-5-8-16/h3-9,12,17H,10-11,13-14H2,1-2H3,(H,20,22). The number of methoxy groups -OCH3 is 1. The van der Waals surface area contributed by atoms with Crippen LogP contribution in [0, 0.1) is 0 Å². The smallest absolute Gasteiger partial charge is 0.225 e. The van der Waals surface area contributed by atoms with Crippen molar-refractivity contribution in [3.63, 3.8) is 0 Å². The van der Waals surface area contributed by atoms with E-state index >= 15 is 0 Å². The third-order valence-corrected chi connectivity index (χ3v) is 4.76. The zero-order valence-corrected chi connectivity index (χ0v) is 15.4. The second-order valence-corrected chi connectivity index (χ2v) is 6.75. The van der Waals surface area contributed by atoms with Crippen molar-refractivity contribution in [2.45, 2.75) is 25.9 Å². The summed E-state index contributed by atoms with van der Waals surface area (Å²) in [7, 11) is 1.62. The van der Waals surface area contributed by atoms with Gasteiger partial charge in [-0.1, -0.05) is 36.4 Å². The largest absolute Gasteiger partial charge is 0.383 e. The summed E-state index contributed by atoms with van der Waals surface area (Å²) in [6, 6.07) is 13.4. The van der Waals surface area contributed by atoms with E-state index in [4.69, 9.17) is 4.74 Å². The average molecular weight is 360 g/mol. The minimum absolute atomic E-state index is 0.00643. The molecule has 0 fully saturated rings. The van der Waals surface area contributed by atoms with Gasteiger partial charge in [0.25, 0.3) is 0 Å². The summed E-state index contributed by atoms with van der Waals surface area (Å²) in [6.07, 6.45) is 0.233. The number of thiophene rings is 1. The number of benzene rings is 1. The van der Waals surface area contributed by atoms with Crippen LogP contribution in [0.1, 0.15) is 29.8 Å². The van der Waals surface area contributed by atoms with Crippen molar-refractivity contribution in [2.24, 2.45) is 0 Å². The molecule has 134 valence electrons. The normalized spacial score (nSPS) is 11.8. The van der Waals surface area contributed by atoms with E-state index in [1.54, 1.807) is 12.0 Å². The number of nitrogens with zero attached hydrogens (tertiary/aromatic N) is 1. The molecule has 2 rings (SSSR count). The van der Waals surface area contributed by atoms with E-state index in [0.29, 0.717) is 19.7 Å². The van der Waals surface area contributed by atoms with Crippen LogP contribution in [-0.4, -0.2) is 37.0 Å². The molecule has 0 saturated heterocycles. The molecule has 1 aromatic carbocycles. The second kappa shape index (κ2) is 9.96. The Balaban J connectivity index is 2.09. The van der Waals surface area contributed by atoms with Gasteiger partial charge < -0.3 is 15.0 Å². The minimum atomic E-state index is -0.300. The summed E-state index contributed by atoms with van der Waals surface area (Å²) >= 11 is 1.54. The third kappa shape index (κ3) is 6.32. The van der Waals surface area contributed by atoms with Crippen LogP contribution in [0.5, 0.6) is 0 Å². The number of nitrogens with one attached hydrogen (secondary N) is 1. The van der Waals surface area contributed by atoms with Crippen LogP contribution in [0.3, 0.4) is 0 Å². The molecule has 0 aliphatic heterocycles. The van der Waals surface area contributed by atoms with Crippen LogP contribution < -0.4 is 5.32 Å². The van der Waals surface area contributed by atoms with Gasteiger partial charge in [-0.05, 0) is 17.0 Å². The van der Waals surface area contributed by atoms with E-state index in [1.807, 2.05) is 47.8 Å². The molecule has 1 N–H and O–H groups in total. The van der Waals surface area contributed by atoms with Crippen LogP contribution in [0.4, 0.5) is 0 Å². The highest BCUT2D eigenvalue weighted by molar-refractivity contribution is 7.10. The molecule has 0 spiro atoms. The molecule has 1 atom stereocenters. The molecule has 0 aliphatic rings. The zero-order chi connectivity index (χ0) is 18.1. The van der Waals surface area contributed by atoms with E-state index in [0.717, 1.165) is 10.4 Å².